The Labute approximate surface area is 225 Å². The van der Waals surface area contributed by atoms with Gasteiger partial charge in [-0.15, -0.1) is 0 Å². The molecule has 0 spiro atoms. The molecule has 0 fully saturated rings. The number of rotatable bonds is 10. The van der Waals surface area contributed by atoms with Crippen LogP contribution in [0.2, 0.25) is 0 Å². The molecule has 0 aliphatic rings. The number of benzene rings is 1. The molecule has 0 aliphatic carbocycles. The summed E-state index contributed by atoms with van der Waals surface area (Å²) in [5.41, 5.74) is 1.36. The zero-order chi connectivity index (χ0) is 28.7. The van der Waals surface area contributed by atoms with E-state index in [-0.39, 0.29) is 23.8 Å². The zero-order valence-electron chi connectivity index (χ0n) is 25.2. The third kappa shape index (κ3) is 10.0. The van der Waals surface area contributed by atoms with Gasteiger partial charge in [-0.1, -0.05) is 62.9 Å². The van der Waals surface area contributed by atoms with Crippen molar-refractivity contribution >= 4 is 17.9 Å². The van der Waals surface area contributed by atoms with Crippen molar-refractivity contribution in [3.05, 3.63) is 34.9 Å². The number of alkyl carbamates (subject to hydrolysis) is 1. The van der Waals surface area contributed by atoms with Gasteiger partial charge in [0.2, 0.25) is 11.8 Å². The zero-order valence-corrected chi connectivity index (χ0v) is 25.2. The van der Waals surface area contributed by atoms with E-state index >= 15 is 0 Å². The smallest absolute Gasteiger partial charge is 0.408 e. The number of carbonyl (C=O) groups is 3. The van der Waals surface area contributed by atoms with Crippen molar-refractivity contribution in [2.45, 2.75) is 132 Å². The first-order valence-corrected chi connectivity index (χ1v) is 13.6. The minimum Gasteiger partial charge on any atom is -0.444 e. The normalized spacial score (nSPS) is 15.2. The number of hydrogen-bond donors (Lipinski definition) is 2. The van der Waals surface area contributed by atoms with Crippen LogP contribution in [0.3, 0.4) is 0 Å². The third-order valence-corrected chi connectivity index (χ3v) is 6.29. The largest absolute Gasteiger partial charge is 0.444 e. The SMILES string of the molecule is CCCC(C)NC(=O)C(c1cc(C)cc(C)c1)N(C(=O)C(NC(=O)OC(C)(C)C)C(C)CC)C(C)(C)C. The van der Waals surface area contributed by atoms with Gasteiger partial charge in [-0.2, -0.15) is 0 Å². The molecule has 0 heterocycles. The van der Waals surface area contributed by atoms with Crippen molar-refractivity contribution in [2.24, 2.45) is 5.92 Å². The number of hydrogen-bond acceptors (Lipinski definition) is 4. The van der Waals surface area contributed by atoms with Gasteiger partial charge in [-0.3, -0.25) is 9.59 Å². The van der Waals surface area contributed by atoms with E-state index in [9.17, 15) is 14.4 Å². The molecule has 210 valence electrons. The van der Waals surface area contributed by atoms with Gasteiger partial charge >= 0.3 is 6.09 Å². The van der Waals surface area contributed by atoms with Crippen molar-refractivity contribution < 1.29 is 19.1 Å². The van der Waals surface area contributed by atoms with Crippen LogP contribution in [-0.2, 0) is 14.3 Å². The van der Waals surface area contributed by atoms with Crippen molar-refractivity contribution in [3.63, 3.8) is 0 Å². The third-order valence-electron chi connectivity index (χ3n) is 6.29. The molecule has 0 aromatic heterocycles. The molecule has 4 unspecified atom stereocenters. The predicted molar refractivity (Wildman–Crippen MR) is 150 cm³/mol. The van der Waals surface area contributed by atoms with E-state index in [0.29, 0.717) is 6.42 Å². The van der Waals surface area contributed by atoms with Gasteiger partial charge in [0.05, 0.1) is 0 Å². The van der Waals surface area contributed by atoms with Gasteiger partial charge in [-0.05, 0) is 80.2 Å². The highest BCUT2D eigenvalue weighted by atomic mass is 16.6. The van der Waals surface area contributed by atoms with E-state index in [1.807, 2.05) is 73.6 Å². The highest BCUT2D eigenvalue weighted by molar-refractivity contribution is 5.93. The Bertz CT molecular complexity index is 909. The van der Waals surface area contributed by atoms with Gasteiger partial charge in [0, 0.05) is 11.6 Å². The second-order valence-corrected chi connectivity index (χ2v) is 12.4. The maximum Gasteiger partial charge on any atom is 0.408 e. The van der Waals surface area contributed by atoms with E-state index in [4.69, 9.17) is 4.74 Å². The molecule has 2 N–H and O–H groups in total. The van der Waals surface area contributed by atoms with E-state index in [1.165, 1.54) is 0 Å². The van der Waals surface area contributed by atoms with Crippen LogP contribution in [0.5, 0.6) is 0 Å². The van der Waals surface area contributed by atoms with Gasteiger partial charge in [0.25, 0.3) is 0 Å². The maximum absolute atomic E-state index is 14.4. The number of ether oxygens (including phenoxy) is 1. The maximum atomic E-state index is 14.4. The van der Waals surface area contributed by atoms with Gasteiger partial charge in [0.1, 0.15) is 17.7 Å². The lowest BCUT2D eigenvalue weighted by Gasteiger charge is -2.44. The summed E-state index contributed by atoms with van der Waals surface area (Å²) in [4.78, 5) is 42.7. The van der Waals surface area contributed by atoms with E-state index < -0.39 is 29.3 Å². The van der Waals surface area contributed by atoms with Crippen molar-refractivity contribution in [2.75, 3.05) is 0 Å². The molecule has 0 saturated heterocycles. The van der Waals surface area contributed by atoms with Crippen LogP contribution in [-0.4, -0.2) is 46.0 Å². The quantitative estimate of drug-likeness (QED) is 0.386. The minimum atomic E-state index is -0.864. The van der Waals surface area contributed by atoms with Gasteiger partial charge in [0.15, 0.2) is 0 Å². The van der Waals surface area contributed by atoms with Crippen LogP contribution in [0, 0.1) is 19.8 Å². The average Bonchev–Trinajstić information content (AvgIpc) is 2.71. The molecular weight excluding hydrogens is 466 g/mol. The van der Waals surface area contributed by atoms with Crippen molar-refractivity contribution in [3.8, 4) is 0 Å². The monoisotopic (exact) mass is 517 g/mol. The Morgan fingerprint density at radius 1 is 0.919 bits per heavy atom. The first kappa shape index (κ1) is 32.5. The molecule has 37 heavy (non-hydrogen) atoms. The average molecular weight is 518 g/mol. The lowest BCUT2D eigenvalue weighted by Crippen LogP contribution is -2.60. The van der Waals surface area contributed by atoms with Gasteiger partial charge in [-0.25, -0.2) is 4.79 Å². The van der Waals surface area contributed by atoms with E-state index in [0.717, 1.165) is 29.5 Å². The molecule has 0 radical (unpaired) electrons. The Hall–Kier alpha value is -2.57. The fourth-order valence-corrected chi connectivity index (χ4v) is 4.53. The van der Waals surface area contributed by atoms with E-state index in [2.05, 4.69) is 17.6 Å². The lowest BCUT2D eigenvalue weighted by molar-refractivity contribution is -0.149. The number of nitrogens with zero attached hydrogens (tertiary/aromatic N) is 1. The number of nitrogens with one attached hydrogen (secondary N) is 2. The molecule has 3 amide bonds. The molecule has 1 aromatic rings. The predicted octanol–water partition coefficient (Wildman–Crippen LogP) is 6.22. The van der Waals surface area contributed by atoms with Crippen LogP contribution in [0.4, 0.5) is 4.79 Å². The molecule has 7 heteroatoms. The molecule has 1 rings (SSSR count). The highest BCUT2D eigenvalue weighted by Crippen LogP contribution is 2.32. The fraction of sp³-hybridized carbons (Fsp3) is 0.700. The Balaban J connectivity index is 3.67. The summed E-state index contributed by atoms with van der Waals surface area (Å²) in [6, 6.07) is 4.23. The fourth-order valence-electron chi connectivity index (χ4n) is 4.53. The topological polar surface area (TPSA) is 87.7 Å². The number of carbonyl (C=O) groups excluding carboxylic acids is 3. The number of amides is 3. The van der Waals surface area contributed by atoms with Gasteiger partial charge < -0.3 is 20.3 Å². The molecule has 4 atom stereocenters. The Kier molecular flexibility index (Phi) is 11.7. The summed E-state index contributed by atoms with van der Waals surface area (Å²) >= 11 is 0. The standard InChI is InChI=1S/C30H51N3O4/c1-13-15-22(6)31-26(34)25(23-17-19(3)16-20(4)18-23)33(29(7,8)9)27(35)24(21(5)14-2)32-28(36)37-30(10,11)12/h16-18,21-22,24-25H,13-15H2,1-12H3,(H,31,34)(H,32,36). The molecule has 0 bridgehead atoms. The first-order chi connectivity index (χ1) is 16.9. The van der Waals surface area contributed by atoms with E-state index in [1.54, 1.807) is 25.7 Å². The van der Waals surface area contributed by atoms with Crippen LogP contribution in [0.1, 0.15) is 111 Å². The second kappa shape index (κ2) is 13.3. The summed E-state index contributed by atoms with van der Waals surface area (Å²) in [6.45, 7) is 23.0. The second-order valence-electron chi connectivity index (χ2n) is 12.4. The molecule has 7 nitrogen and oxygen atoms in total. The summed E-state index contributed by atoms with van der Waals surface area (Å²) in [5, 5.41) is 5.96. The molecule has 0 aliphatic heterocycles. The Morgan fingerprint density at radius 2 is 1.46 bits per heavy atom. The highest BCUT2D eigenvalue weighted by Gasteiger charge is 2.43. The minimum absolute atomic E-state index is 0.0342. The molecule has 0 saturated carbocycles. The van der Waals surface area contributed by atoms with Crippen LogP contribution >= 0.6 is 0 Å². The molecule has 1 aromatic carbocycles. The summed E-state index contributed by atoms with van der Waals surface area (Å²) in [6.07, 6.45) is 1.79. The first-order valence-electron chi connectivity index (χ1n) is 13.6. The Morgan fingerprint density at radius 3 is 1.89 bits per heavy atom. The van der Waals surface area contributed by atoms with Crippen LogP contribution < -0.4 is 10.6 Å². The van der Waals surface area contributed by atoms with Crippen LogP contribution in [0.25, 0.3) is 0 Å². The summed E-state index contributed by atoms with van der Waals surface area (Å²) in [7, 11) is 0. The lowest BCUT2D eigenvalue weighted by atomic mass is 9.90. The van der Waals surface area contributed by atoms with Crippen molar-refractivity contribution in [1.82, 2.24) is 15.5 Å². The number of aryl methyl sites for hydroxylation is 2. The summed E-state index contributed by atoms with van der Waals surface area (Å²) < 4.78 is 5.48. The van der Waals surface area contributed by atoms with Crippen LogP contribution in [0.15, 0.2) is 18.2 Å². The summed E-state index contributed by atoms with van der Waals surface area (Å²) in [5.74, 6) is -0.712. The van der Waals surface area contributed by atoms with Crippen molar-refractivity contribution in [1.29, 1.82) is 0 Å². The molecular formula is C30H51N3O4.